The zero-order chi connectivity index (χ0) is 28.8. The number of ether oxygens (including phenoxy) is 2. The molecule has 212 valence electrons. The summed E-state index contributed by atoms with van der Waals surface area (Å²) in [6, 6.07) is 11.6. The summed E-state index contributed by atoms with van der Waals surface area (Å²) in [4.78, 5) is 39.2. The molecule has 10 heteroatoms. The molecule has 1 atom stereocenters. The van der Waals surface area contributed by atoms with Crippen molar-refractivity contribution >= 4 is 17.8 Å². The Morgan fingerprint density at radius 3 is 2.08 bits per heavy atom. The van der Waals surface area contributed by atoms with Crippen LogP contribution in [-0.2, 0) is 11.2 Å². The van der Waals surface area contributed by atoms with Gasteiger partial charge >= 0.3 is 12.0 Å². The first kappa shape index (κ1) is 29.9. The summed E-state index contributed by atoms with van der Waals surface area (Å²) in [5, 5.41) is 12.1. The molecule has 8 nitrogen and oxygen atoms in total. The topological polar surface area (TPSA) is 105 Å². The Balaban J connectivity index is 1.95. The number of Topliss-reactive ketones (excluding diaryl/α,β-unsaturated/α-hetero) is 1. The van der Waals surface area contributed by atoms with Crippen LogP contribution < -0.4 is 14.8 Å². The summed E-state index contributed by atoms with van der Waals surface area (Å²) in [6.45, 7) is 7.52. The van der Waals surface area contributed by atoms with Crippen molar-refractivity contribution in [2.24, 2.45) is 0 Å². The molecule has 1 aliphatic rings. The molecule has 2 amide bonds. The monoisotopic (exact) mass is 546 g/mol. The molecule has 0 spiro atoms. The Bertz CT molecular complexity index is 1150. The fourth-order valence-corrected chi connectivity index (χ4v) is 4.89. The first-order valence-electron chi connectivity index (χ1n) is 13.1. The number of carbonyl (C=O) groups excluding carboxylic acids is 2. The lowest BCUT2D eigenvalue weighted by atomic mass is 9.73. The predicted octanol–water partition coefficient (Wildman–Crippen LogP) is 5.64. The van der Waals surface area contributed by atoms with Crippen molar-refractivity contribution in [3.05, 3.63) is 59.2 Å². The number of hydrogen-bond acceptors (Lipinski definition) is 5. The van der Waals surface area contributed by atoms with Crippen LogP contribution in [0.15, 0.2) is 42.5 Å². The fourth-order valence-electron chi connectivity index (χ4n) is 4.89. The zero-order valence-electron chi connectivity index (χ0n) is 22.8. The normalized spacial score (nSPS) is 15.9. The Morgan fingerprint density at radius 1 is 1.05 bits per heavy atom. The van der Waals surface area contributed by atoms with Gasteiger partial charge in [-0.3, -0.25) is 4.79 Å². The smallest absolute Gasteiger partial charge is 0.329 e. The summed E-state index contributed by atoms with van der Waals surface area (Å²) < 4.78 is 38.9. The number of aryl methyl sites for hydroxylation is 1. The minimum atomic E-state index is -3.16. The van der Waals surface area contributed by atoms with E-state index in [9.17, 15) is 28.3 Å². The lowest BCUT2D eigenvalue weighted by molar-refractivity contribution is -0.175. The molecule has 0 saturated heterocycles. The van der Waals surface area contributed by atoms with Crippen LogP contribution in [0.4, 0.5) is 13.6 Å². The van der Waals surface area contributed by atoms with Crippen molar-refractivity contribution in [1.29, 1.82) is 0 Å². The number of benzene rings is 2. The number of rotatable bonds is 13. The minimum Gasteiger partial charge on any atom is -0.493 e. The molecular formula is C29H36F2N2O6. The summed E-state index contributed by atoms with van der Waals surface area (Å²) >= 11 is 0. The second-order valence-corrected chi connectivity index (χ2v) is 9.80. The Kier molecular flexibility index (Phi) is 9.53. The van der Waals surface area contributed by atoms with Crippen LogP contribution in [-0.4, -0.2) is 59.0 Å². The summed E-state index contributed by atoms with van der Waals surface area (Å²) in [5.41, 5.74) is -0.0979. The highest BCUT2D eigenvalue weighted by Gasteiger charge is 2.62. The molecular weight excluding hydrogens is 510 g/mol. The van der Waals surface area contributed by atoms with Gasteiger partial charge in [0.1, 0.15) is 17.1 Å². The zero-order valence-corrected chi connectivity index (χ0v) is 22.8. The molecule has 0 heterocycles. The van der Waals surface area contributed by atoms with Gasteiger partial charge in [0.2, 0.25) is 0 Å². The van der Waals surface area contributed by atoms with E-state index in [2.05, 4.69) is 5.32 Å². The minimum absolute atomic E-state index is 0.219. The highest BCUT2D eigenvalue weighted by atomic mass is 19.3. The molecule has 2 N–H and O–H groups in total. The Morgan fingerprint density at radius 2 is 1.62 bits per heavy atom. The number of carboxylic acid groups (broad SMARTS) is 1. The van der Waals surface area contributed by atoms with Crippen molar-refractivity contribution in [3.63, 3.8) is 0 Å². The highest BCUT2D eigenvalue weighted by molar-refractivity contribution is 6.00. The largest absolute Gasteiger partial charge is 0.493 e. The number of alkyl halides is 2. The number of urea groups is 1. The van der Waals surface area contributed by atoms with Crippen molar-refractivity contribution in [3.8, 4) is 11.5 Å². The van der Waals surface area contributed by atoms with E-state index in [1.54, 1.807) is 32.9 Å². The van der Waals surface area contributed by atoms with E-state index < -0.39 is 42.3 Å². The third kappa shape index (κ3) is 7.04. The van der Waals surface area contributed by atoms with Crippen LogP contribution in [0.1, 0.15) is 74.5 Å². The summed E-state index contributed by atoms with van der Waals surface area (Å²) in [6.07, 6.45) is -0.746. The maximum absolute atomic E-state index is 13.7. The fraction of sp³-hybridized carbons (Fsp3) is 0.483. The van der Waals surface area contributed by atoms with Crippen LogP contribution in [0, 0.1) is 0 Å². The van der Waals surface area contributed by atoms with E-state index in [1.165, 1.54) is 11.8 Å². The molecule has 0 aliphatic heterocycles. The van der Waals surface area contributed by atoms with Crippen LogP contribution in [0.2, 0.25) is 0 Å². The van der Waals surface area contributed by atoms with E-state index in [4.69, 9.17) is 9.47 Å². The molecule has 2 aromatic carbocycles. The highest BCUT2D eigenvalue weighted by Crippen LogP contribution is 2.46. The van der Waals surface area contributed by atoms with E-state index in [0.29, 0.717) is 43.1 Å². The van der Waals surface area contributed by atoms with Crippen molar-refractivity contribution in [2.45, 2.75) is 70.9 Å². The number of carbonyl (C=O) groups is 3. The van der Waals surface area contributed by atoms with Gasteiger partial charge in [-0.05, 0) is 63.8 Å². The number of halogens is 2. The Hall–Kier alpha value is -3.69. The number of aliphatic carboxylic acids is 1. The Labute approximate surface area is 227 Å². The molecule has 1 fully saturated rings. The average molecular weight is 547 g/mol. The molecule has 0 bridgehead atoms. The first-order valence-corrected chi connectivity index (χ1v) is 13.1. The molecule has 39 heavy (non-hydrogen) atoms. The summed E-state index contributed by atoms with van der Waals surface area (Å²) in [5.74, 6) is -4.28. The number of ketones is 1. The maximum Gasteiger partial charge on any atom is 0.329 e. The lowest BCUT2D eigenvalue weighted by Crippen LogP contribution is -2.68. The lowest BCUT2D eigenvalue weighted by Gasteiger charge is -2.45. The van der Waals surface area contributed by atoms with Gasteiger partial charge in [-0.25, -0.2) is 18.4 Å². The van der Waals surface area contributed by atoms with Crippen molar-refractivity contribution in [1.82, 2.24) is 10.2 Å². The van der Waals surface area contributed by atoms with E-state index in [0.717, 1.165) is 5.56 Å². The maximum atomic E-state index is 13.7. The SMILES string of the molecule is CCOc1cc(C(C)N(CCCc2ccccc2)C(=O)NC2(C(=O)O)CC(F)(F)C2)cc(OCC)c1C(C)=O. The van der Waals surface area contributed by atoms with Crippen molar-refractivity contribution in [2.75, 3.05) is 19.8 Å². The number of nitrogens with zero attached hydrogens (tertiary/aromatic N) is 1. The number of amides is 2. The second-order valence-electron chi connectivity index (χ2n) is 9.80. The van der Waals surface area contributed by atoms with Gasteiger partial charge in [0.25, 0.3) is 5.92 Å². The average Bonchev–Trinajstić information content (AvgIpc) is 2.85. The first-order chi connectivity index (χ1) is 18.4. The van der Waals surface area contributed by atoms with Crippen molar-refractivity contribution < 1.29 is 37.7 Å². The molecule has 2 aromatic rings. The standard InChI is InChI=1S/C29H36F2N2O6/c1-5-38-23-15-22(16-24(39-6-2)25(23)20(4)34)19(3)33(14-10-13-21-11-8-7-9-12-21)27(37)32-28(26(35)36)17-29(30,31)18-28/h7-9,11-12,15-16,19H,5-6,10,13-14,17-18H2,1-4H3,(H,32,37)(H,35,36). The van der Waals surface area contributed by atoms with Gasteiger partial charge in [-0.2, -0.15) is 0 Å². The van der Waals surface area contributed by atoms with Crippen LogP contribution in [0.25, 0.3) is 0 Å². The van der Waals surface area contributed by atoms with E-state index in [1.807, 2.05) is 30.3 Å². The van der Waals surface area contributed by atoms with E-state index in [-0.39, 0.29) is 17.9 Å². The van der Waals surface area contributed by atoms with Gasteiger partial charge in [0, 0.05) is 19.4 Å². The van der Waals surface area contributed by atoms with Gasteiger partial charge in [0.15, 0.2) is 11.3 Å². The molecule has 1 saturated carbocycles. The van der Waals surface area contributed by atoms with Gasteiger partial charge < -0.3 is 24.8 Å². The number of carboxylic acids is 1. The second kappa shape index (κ2) is 12.4. The molecule has 0 radical (unpaired) electrons. The number of nitrogens with one attached hydrogen (secondary N) is 1. The predicted molar refractivity (Wildman–Crippen MR) is 142 cm³/mol. The molecule has 0 aromatic heterocycles. The number of hydrogen-bond donors (Lipinski definition) is 2. The summed E-state index contributed by atoms with van der Waals surface area (Å²) in [7, 11) is 0. The van der Waals surface area contributed by atoms with Crippen LogP contribution in [0.5, 0.6) is 11.5 Å². The third-order valence-corrected chi connectivity index (χ3v) is 6.83. The van der Waals surface area contributed by atoms with Gasteiger partial charge in [-0.1, -0.05) is 30.3 Å². The van der Waals surface area contributed by atoms with Crippen LogP contribution >= 0.6 is 0 Å². The molecule has 1 aliphatic carbocycles. The molecule has 3 rings (SSSR count). The van der Waals surface area contributed by atoms with Gasteiger partial charge in [-0.15, -0.1) is 0 Å². The molecule has 1 unspecified atom stereocenters. The quantitative estimate of drug-likeness (QED) is 0.315. The van der Waals surface area contributed by atoms with E-state index >= 15 is 0 Å². The van der Waals surface area contributed by atoms with Crippen LogP contribution in [0.3, 0.4) is 0 Å². The van der Waals surface area contributed by atoms with Gasteiger partial charge in [0.05, 0.1) is 19.3 Å². The third-order valence-electron chi connectivity index (χ3n) is 6.83.